The van der Waals surface area contributed by atoms with Crippen molar-refractivity contribution >= 4 is 28.7 Å². The molecule has 0 aliphatic rings. The Morgan fingerprint density at radius 2 is 2.00 bits per heavy atom. The van der Waals surface area contributed by atoms with E-state index in [0.717, 1.165) is 33.2 Å². The third kappa shape index (κ3) is 4.03. The number of aromatic amines is 1. The minimum atomic E-state index is -0.132. The predicted molar refractivity (Wildman–Crippen MR) is 105 cm³/mol. The third-order valence-corrected chi connectivity index (χ3v) is 5.13. The minimum absolute atomic E-state index is 0.132. The monoisotopic (exact) mass is 378 g/mol. The van der Waals surface area contributed by atoms with Crippen molar-refractivity contribution in [2.24, 2.45) is 0 Å². The number of hydrogen-bond acceptors (Lipinski definition) is 5. The molecule has 1 amide bonds. The number of aromatic nitrogens is 3. The van der Waals surface area contributed by atoms with Crippen molar-refractivity contribution in [2.45, 2.75) is 24.1 Å². The van der Waals surface area contributed by atoms with Crippen molar-refractivity contribution in [1.29, 1.82) is 0 Å². The predicted octanol–water partition coefficient (Wildman–Crippen LogP) is 4.08. The Kier molecular flexibility index (Phi) is 4.93. The summed E-state index contributed by atoms with van der Waals surface area (Å²) in [6.45, 7) is 2.23. The first kappa shape index (κ1) is 17.4. The number of aryl methyl sites for hydroxylation is 1. The summed E-state index contributed by atoms with van der Waals surface area (Å²) >= 11 is 1.55. The van der Waals surface area contributed by atoms with E-state index in [0.29, 0.717) is 17.9 Å². The number of carbonyl (C=O) groups is 1. The van der Waals surface area contributed by atoms with Gasteiger partial charge in [-0.25, -0.2) is 4.98 Å². The van der Waals surface area contributed by atoms with Gasteiger partial charge in [0.15, 0.2) is 0 Å². The standard InChI is InChI=1S/C20H18N4O2S/c1-13-10-14(26-24-13)12-27-18-9-5-2-6-15(18)20(25)21-11-19-22-16-7-3-4-8-17(16)23-19/h2-10H,11-12H2,1H3,(H,21,25)(H,22,23). The molecule has 27 heavy (non-hydrogen) atoms. The smallest absolute Gasteiger partial charge is 0.252 e. The van der Waals surface area contributed by atoms with Gasteiger partial charge >= 0.3 is 0 Å². The molecule has 136 valence electrons. The maximum absolute atomic E-state index is 12.7. The zero-order valence-electron chi connectivity index (χ0n) is 14.7. The summed E-state index contributed by atoms with van der Waals surface area (Å²) in [7, 11) is 0. The van der Waals surface area contributed by atoms with Crippen molar-refractivity contribution in [3.63, 3.8) is 0 Å². The third-order valence-electron chi connectivity index (χ3n) is 4.03. The average Bonchev–Trinajstić information content (AvgIpc) is 3.30. The van der Waals surface area contributed by atoms with Gasteiger partial charge in [0.25, 0.3) is 5.91 Å². The van der Waals surface area contributed by atoms with Crippen LogP contribution in [0.3, 0.4) is 0 Å². The highest BCUT2D eigenvalue weighted by molar-refractivity contribution is 7.98. The fraction of sp³-hybridized carbons (Fsp3) is 0.150. The Balaban J connectivity index is 1.43. The lowest BCUT2D eigenvalue weighted by atomic mass is 10.2. The number of nitrogens with zero attached hydrogens (tertiary/aromatic N) is 2. The fourth-order valence-electron chi connectivity index (χ4n) is 2.76. The van der Waals surface area contributed by atoms with Gasteiger partial charge in [-0.05, 0) is 31.2 Å². The number of hydrogen-bond donors (Lipinski definition) is 2. The van der Waals surface area contributed by atoms with Crippen LogP contribution in [0.5, 0.6) is 0 Å². The largest absolute Gasteiger partial charge is 0.360 e. The van der Waals surface area contributed by atoms with Gasteiger partial charge in [-0.3, -0.25) is 4.79 Å². The van der Waals surface area contributed by atoms with E-state index in [-0.39, 0.29) is 5.91 Å². The van der Waals surface area contributed by atoms with Gasteiger partial charge in [0.05, 0.1) is 34.6 Å². The summed E-state index contributed by atoms with van der Waals surface area (Å²) in [5, 5.41) is 6.83. The first-order valence-corrected chi connectivity index (χ1v) is 9.53. The van der Waals surface area contributed by atoms with Crippen LogP contribution in [0.25, 0.3) is 11.0 Å². The molecule has 4 rings (SSSR count). The topological polar surface area (TPSA) is 83.8 Å². The number of para-hydroxylation sites is 2. The molecular formula is C20H18N4O2S. The van der Waals surface area contributed by atoms with E-state index in [1.165, 1.54) is 0 Å². The summed E-state index contributed by atoms with van der Waals surface area (Å²) < 4.78 is 5.24. The first-order valence-electron chi connectivity index (χ1n) is 8.55. The Hall–Kier alpha value is -3.06. The molecule has 2 aromatic carbocycles. The molecule has 7 heteroatoms. The normalized spacial score (nSPS) is 11.0. The lowest BCUT2D eigenvalue weighted by Gasteiger charge is -2.08. The zero-order valence-corrected chi connectivity index (χ0v) is 15.5. The number of benzene rings is 2. The summed E-state index contributed by atoms with van der Waals surface area (Å²) in [5.41, 5.74) is 3.33. The number of thioether (sulfide) groups is 1. The van der Waals surface area contributed by atoms with Crippen LogP contribution < -0.4 is 5.32 Å². The van der Waals surface area contributed by atoms with E-state index in [2.05, 4.69) is 20.4 Å². The second-order valence-electron chi connectivity index (χ2n) is 6.10. The van der Waals surface area contributed by atoms with Gasteiger partial charge in [-0.1, -0.05) is 29.4 Å². The van der Waals surface area contributed by atoms with Crippen LogP contribution in [0, 0.1) is 6.92 Å². The lowest BCUT2D eigenvalue weighted by molar-refractivity contribution is 0.0947. The highest BCUT2D eigenvalue weighted by Crippen LogP contribution is 2.26. The molecule has 2 N–H and O–H groups in total. The van der Waals surface area contributed by atoms with Crippen LogP contribution >= 0.6 is 11.8 Å². The van der Waals surface area contributed by atoms with E-state index in [1.54, 1.807) is 11.8 Å². The van der Waals surface area contributed by atoms with E-state index in [9.17, 15) is 4.79 Å². The van der Waals surface area contributed by atoms with Crippen LogP contribution in [0.15, 0.2) is 64.0 Å². The summed E-state index contributed by atoms with van der Waals surface area (Å²) in [6, 6.07) is 17.2. The van der Waals surface area contributed by atoms with E-state index >= 15 is 0 Å². The molecule has 0 aliphatic heterocycles. The number of fused-ring (bicyclic) bond motifs is 1. The molecule has 0 saturated carbocycles. The van der Waals surface area contributed by atoms with Crippen molar-refractivity contribution in [2.75, 3.05) is 0 Å². The molecule has 0 saturated heterocycles. The number of nitrogens with one attached hydrogen (secondary N) is 2. The first-order chi connectivity index (χ1) is 13.2. The Labute approximate surface area is 160 Å². The van der Waals surface area contributed by atoms with E-state index < -0.39 is 0 Å². The van der Waals surface area contributed by atoms with Gasteiger partial charge in [0.1, 0.15) is 11.6 Å². The Bertz CT molecular complexity index is 1050. The molecule has 4 aromatic rings. The van der Waals surface area contributed by atoms with Gasteiger partial charge in [-0.2, -0.15) is 0 Å². The molecular weight excluding hydrogens is 360 g/mol. The summed E-state index contributed by atoms with van der Waals surface area (Å²) in [4.78, 5) is 21.3. The van der Waals surface area contributed by atoms with E-state index in [4.69, 9.17) is 4.52 Å². The molecule has 0 radical (unpaired) electrons. The maximum atomic E-state index is 12.7. The summed E-state index contributed by atoms with van der Waals surface area (Å²) in [5.74, 6) is 2.00. The molecule has 0 spiro atoms. The second kappa shape index (κ2) is 7.67. The Morgan fingerprint density at radius 1 is 1.19 bits per heavy atom. The molecule has 6 nitrogen and oxygen atoms in total. The van der Waals surface area contributed by atoms with Gasteiger partial charge in [-0.15, -0.1) is 11.8 Å². The number of carbonyl (C=O) groups excluding carboxylic acids is 1. The minimum Gasteiger partial charge on any atom is -0.360 e. The molecule has 0 aliphatic carbocycles. The number of rotatable bonds is 6. The zero-order chi connectivity index (χ0) is 18.6. The van der Waals surface area contributed by atoms with Crippen LogP contribution in [0.1, 0.15) is 27.6 Å². The van der Waals surface area contributed by atoms with Crippen molar-refractivity contribution < 1.29 is 9.32 Å². The number of H-pyrrole nitrogens is 1. The highest BCUT2D eigenvalue weighted by atomic mass is 32.2. The highest BCUT2D eigenvalue weighted by Gasteiger charge is 2.13. The summed E-state index contributed by atoms with van der Waals surface area (Å²) in [6.07, 6.45) is 0. The average molecular weight is 378 g/mol. The van der Waals surface area contributed by atoms with Crippen molar-refractivity contribution in [1.82, 2.24) is 20.4 Å². The van der Waals surface area contributed by atoms with Gasteiger partial charge < -0.3 is 14.8 Å². The Morgan fingerprint density at radius 3 is 2.81 bits per heavy atom. The van der Waals surface area contributed by atoms with Crippen LogP contribution in [0.4, 0.5) is 0 Å². The quantitative estimate of drug-likeness (QED) is 0.494. The van der Waals surface area contributed by atoms with Crippen molar-refractivity contribution in [3.05, 3.63) is 77.4 Å². The van der Waals surface area contributed by atoms with E-state index in [1.807, 2.05) is 61.5 Å². The molecule has 2 aromatic heterocycles. The molecule has 0 unspecified atom stereocenters. The maximum Gasteiger partial charge on any atom is 0.252 e. The van der Waals surface area contributed by atoms with Crippen LogP contribution in [-0.4, -0.2) is 21.0 Å². The lowest BCUT2D eigenvalue weighted by Crippen LogP contribution is -2.24. The van der Waals surface area contributed by atoms with Gasteiger partial charge in [0, 0.05) is 11.0 Å². The number of imidazole rings is 1. The van der Waals surface area contributed by atoms with Gasteiger partial charge in [0.2, 0.25) is 0 Å². The fourth-order valence-corrected chi connectivity index (χ4v) is 3.69. The molecule has 2 heterocycles. The SMILES string of the molecule is Cc1cc(CSc2ccccc2C(=O)NCc2nc3ccccc3[nH]2)on1. The number of amides is 1. The second-order valence-corrected chi connectivity index (χ2v) is 7.12. The molecule has 0 bridgehead atoms. The van der Waals surface area contributed by atoms with Crippen LogP contribution in [0.2, 0.25) is 0 Å². The molecule has 0 atom stereocenters. The van der Waals surface area contributed by atoms with Crippen molar-refractivity contribution in [3.8, 4) is 0 Å². The van der Waals surface area contributed by atoms with Crippen LogP contribution in [-0.2, 0) is 12.3 Å². The molecule has 0 fully saturated rings.